The third-order valence-corrected chi connectivity index (χ3v) is 5.03. The van der Waals surface area contributed by atoms with E-state index in [0.717, 1.165) is 29.7 Å². The van der Waals surface area contributed by atoms with E-state index in [1.165, 1.54) is 0 Å². The number of ether oxygens (including phenoxy) is 1. The molecule has 158 valence electrons. The normalized spacial score (nSPS) is 14.3. The second kappa shape index (κ2) is 8.83. The number of nitrogens with zero attached hydrogens (tertiary/aromatic N) is 1. The molecule has 0 spiro atoms. The van der Waals surface area contributed by atoms with Crippen molar-refractivity contribution < 1.29 is 23.5 Å². The number of carbonyl (C=O) groups excluding carboxylic acids is 3. The third-order valence-electron chi connectivity index (χ3n) is 5.03. The molecular weight excluding hydrogens is 398 g/mol. The van der Waals surface area contributed by atoms with Crippen molar-refractivity contribution in [2.45, 2.75) is 19.3 Å². The van der Waals surface area contributed by atoms with Gasteiger partial charge in [0.25, 0.3) is 5.91 Å². The Labute approximate surface area is 178 Å². The zero-order valence-corrected chi connectivity index (χ0v) is 16.7. The lowest BCUT2D eigenvalue weighted by Gasteiger charge is -2.22. The lowest BCUT2D eigenvalue weighted by molar-refractivity contribution is -0.127. The van der Waals surface area contributed by atoms with E-state index in [4.69, 9.17) is 19.9 Å². The number of furan rings is 1. The number of hydrogen-bond acceptors (Lipinski definition) is 6. The Bertz CT molecular complexity index is 1180. The quantitative estimate of drug-likeness (QED) is 0.592. The zero-order valence-electron chi connectivity index (χ0n) is 16.7. The van der Waals surface area contributed by atoms with Gasteiger partial charge in [-0.15, -0.1) is 0 Å². The number of nitrogens with two attached hydrogens (primary N) is 1. The Morgan fingerprint density at radius 1 is 1.16 bits per heavy atom. The predicted octanol–water partition coefficient (Wildman–Crippen LogP) is 2.46. The van der Waals surface area contributed by atoms with E-state index in [2.05, 4.69) is 5.32 Å². The molecule has 0 radical (unpaired) electrons. The van der Waals surface area contributed by atoms with Crippen LogP contribution in [0.15, 0.2) is 47.1 Å². The highest BCUT2D eigenvalue weighted by Crippen LogP contribution is 2.36. The highest BCUT2D eigenvalue weighted by atomic mass is 16.5. The molecule has 1 aliphatic rings. The average Bonchev–Trinajstić information content (AvgIpc) is 3.28. The van der Waals surface area contributed by atoms with Gasteiger partial charge in [-0.05, 0) is 54.7 Å². The monoisotopic (exact) mass is 419 g/mol. The molecule has 0 bridgehead atoms. The molecule has 3 aromatic rings. The van der Waals surface area contributed by atoms with Crippen LogP contribution in [0.2, 0.25) is 0 Å². The van der Waals surface area contributed by atoms with Gasteiger partial charge in [0.1, 0.15) is 5.76 Å². The molecule has 0 unspecified atom stereocenters. The molecule has 31 heavy (non-hydrogen) atoms. The van der Waals surface area contributed by atoms with Crippen LogP contribution in [0.4, 0.5) is 0 Å². The molecule has 0 fully saturated rings. The van der Waals surface area contributed by atoms with Crippen molar-refractivity contribution in [3.05, 3.63) is 65.2 Å². The first-order chi connectivity index (χ1) is 15.0. The molecule has 1 aliphatic carbocycles. The number of esters is 1. The Balaban J connectivity index is 1.70. The second-order valence-corrected chi connectivity index (χ2v) is 7.19. The van der Waals surface area contributed by atoms with Gasteiger partial charge in [0, 0.05) is 5.39 Å². The summed E-state index contributed by atoms with van der Waals surface area (Å²) in [5.41, 5.74) is 8.60. The van der Waals surface area contributed by atoms with Crippen LogP contribution in [0, 0.1) is 0 Å². The number of para-hydroxylation sites is 1. The van der Waals surface area contributed by atoms with Crippen molar-refractivity contribution >= 4 is 40.3 Å². The van der Waals surface area contributed by atoms with E-state index in [0.29, 0.717) is 28.6 Å². The second-order valence-electron chi connectivity index (χ2n) is 7.19. The summed E-state index contributed by atoms with van der Waals surface area (Å²) >= 11 is 0. The summed E-state index contributed by atoms with van der Waals surface area (Å²) < 4.78 is 10.7. The third kappa shape index (κ3) is 4.48. The standard InChI is InChI=1S/C23H21N3O5/c24-19(27)12-25-20(28)13-31-23(29)21-16-7-1-2-9-18(16)26-22-14(5-3-8-17(21)22)11-15-6-4-10-30-15/h1-2,4,6-7,9-11H,3,5,8,12-13H2,(H2,24,27)(H,25,28)/b14-11-. The Kier molecular flexibility index (Phi) is 5.79. The summed E-state index contributed by atoms with van der Waals surface area (Å²) in [5, 5.41) is 2.97. The summed E-state index contributed by atoms with van der Waals surface area (Å²) in [7, 11) is 0. The summed E-state index contributed by atoms with van der Waals surface area (Å²) in [6.45, 7) is -0.822. The number of primary amides is 1. The number of aromatic nitrogens is 1. The fourth-order valence-electron chi connectivity index (χ4n) is 3.69. The average molecular weight is 419 g/mol. The van der Waals surface area contributed by atoms with E-state index in [1.54, 1.807) is 6.26 Å². The van der Waals surface area contributed by atoms with Crippen LogP contribution in [0.25, 0.3) is 22.6 Å². The van der Waals surface area contributed by atoms with Crippen LogP contribution >= 0.6 is 0 Å². The summed E-state index contributed by atoms with van der Waals surface area (Å²) in [6, 6.07) is 11.0. The van der Waals surface area contributed by atoms with Crippen LogP contribution in [0.1, 0.15) is 40.2 Å². The van der Waals surface area contributed by atoms with Gasteiger partial charge in [0.05, 0.1) is 29.6 Å². The van der Waals surface area contributed by atoms with Crippen molar-refractivity contribution in [1.82, 2.24) is 10.3 Å². The van der Waals surface area contributed by atoms with Crippen molar-refractivity contribution in [3.63, 3.8) is 0 Å². The minimum atomic E-state index is -0.676. The Hall–Kier alpha value is -3.94. The fraction of sp³-hybridized carbons (Fsp3) is 0.217. The van der Waals surface area contributed by atoms with E-state index < -0.39 is 24.4 Å². The van der Waals surface area contributed by atoms with Gasteiger partial charge in [-0.3, -0.25) is 9.59 Å². The van der Waals surface area contributed by atoms with Crippen LogP contribution in [-0.4, -0.2) is 35.9 Å². The summed E-state index contributed by atoms with van der Waals surface area (Å²) in [6.07, 6.45) is 5.87. The van der Waals surface area contributed by atoms with Crippen molar-refractivity contribution in [2.24, 2.45) is 5.73 Å². The van der Waals surface area contributed by atoms with Gasteiger partial charge < -0.3 is 20.2 Å². The number of allylic oxidation sites excluding steroid dienone is 1. The molecule has 8 nitrogen and oxygen atoms in total. The van der Waals surface area contributed by atoms with Crippen molar-refractivity contribution in [1.29, 1.82) is 0 Å². The SMILES string of the molecule is NC(=O)CNC(=O)COC(=O)c1c2c(nc3ccccc13)/C(=C\c1ccco1)CCC2. The molecule has 2 aromatic heterocycles. The largest absolute Gasteiger partial charge is 0.465 e. The number of rotatable bonds is 6. The fourth-order valence-corrected chi connectivity index (χ4v) is 3.69. The molecule has 3 N–H and O–H groups in total. The van der Waals surface area contributed by atoms with Crippen LogP contribution in [-0.2, 0) is 20.7 Å². The van der Waals surface area contributed by atoms with E-state index in [9.17, 15) is 14.4 Å². The summed E-state index contributed by atoms with van der Waals surface area (Å²) in [4.78, 5) is 40.5. The molecule has 0 atom stereocenters. The first-order valence-electron chi connectivity index (χ1n) is 9.91. The predicted molar refractivity (Wildman–Crippen MR) is 114 cm³/mol. The molecule has 8 heteroatoms. The number of hydrogen-bond donors (Lipinski definition) is 2. The van der Waals surface area contributed by atoms with Crippen molar-refractivity contribution in [3.8, 4) is 0 Å². The summed E-state index contributed by atoms with van der Waals surface area (Å²) in [5.74, 6) is -1.17. The molecule has 0 saturated heterocycles. The van der Waals surface area contributed by atoms with E-state index >= 15 is 0 Å². The van der Waals surface area contributed by atoms with E-state index in [-0.39, 0.29) is 6.54 Å². The van der Waals surface area contributed by atoms with Crippen LogP contribution in [0.5, 0.6) is 0 Å². The number of benzene rings is 1. The number of amides is 2. The topological polar surface area (TPSA) is 125 Å². The Morgan fingerprint density at radius 3 is 2.77 bits per heavy atom. The van der Waals surface area contributed by atoms with Gasteiger partial charge in [-0.1, -0.05) is 18.2 Å². The number of pyridine rings is 1. The maximum absolute atomic E-state index is 13.0. The van der Waals surface area contributed by atoms with E-state index in [1.807, 2.05) is 42.5 Å². The minimum Gasteiger partial charge on any atom is -0.465 e. The minimum absolute atomic E-state index is 0.315. The zero-order chi connectivity index (χ0) is 21.8. The number of nitrogens with one attached hydrogen (secondary N) is 1. The van der Waals surface area contributed by atoms with Crippen LogP contribution < -0.4 is 11.1 Å². The first kappa shape index (κ1) is 20.3. The van der Waals surface area contributed by atoms with Gasteiger partial charge >= 0.3 is 5.97 Å². The van der Waals surface area contributed by atoms with Gasteiger partial charge in [-0.2, -0.15) is 0 Å². The van der Waals surface area contributed by atoms with Crippen molar-refractivity contribution in [2.75, 3.05) is 13.2 Å². The molecule has 2 heterocycles. The Morgan fingerprint density at radius 2 is 2.00 bits per heavy atom. The smallest absolute Gasteiger partial charge is 0.339 e. The lowest BCUT2D eigenvalue weighted by atomic mass is 9.86. The highest BCUT2D eigenvalue weighted by Gasteiger charge is 2.26. The number of carbonyl (C=O) groups is 3. The van der Waals surface area contributed by atoms with Gasteiger partial charge in [-0.25, -0.2) is 9.78 Å². The molecule has 0 aliphatic heterocycles. The maximum atomic E-state index is 13.0. The molecule has 2 amide bonds. The van der Waals surface area contributed by atoms with Gasteiger partial charge in [0.2, 0.25) is 5.91 Å². The maximum Gasteiger partial charge on any atom is 0.339 e. The molecular formula is C23H21N3O5. The van der Waals surface area contributed by atoms with Crippen LogP contribution in [0.3, 0.4) is 0 Å². The lowest BCUT2D eigenvalue weighted by Crippen LogP contribution is -2.36. The highest BCUT2D eigenvalue weighted by molar-refractivity contribution is 6.07. The number of fused-ring (bicyclic) bond motifs is 2. The molecule has 0 saturated carbocycles. The van der Waals surface area contributed by atoms with Gasteiger partial charge in [0.15, 0.2) is 6.61 Å². The molecule has 1 aromatic carbocycles. The molecule has 4 rings (SSSR count). The first-order valence-corrected chi connectivity index (χ1v) is 9.91.